The highest BCUT2D eigenvalue weighted by Crippen LogP contribution is 2.34. The lowest BCUT2D eigenvalue weighted by molar-refractivity contribution is -0.132. The van der Waals surface area contributed by atoms with Gasteiger partial charge in [-0.25, -0.2) is 9.67 Å². The number of rotatable bonds is 4. The highest BCUT2D eigenvalue weighted by atomic mass is 32.1. The van der Waals surface area contributed by atoms with Gasteiger partial charge in [0, 0.05) is 26.2 Å². The van der Waals surface area contributed by atoms with Gasteiger partial charge in [-0.3, -0.25) is 4.79 Å². The first-order chi connectivity index (χ1) is 14.2. The fraction of sp³-hybridized carbons (Fsp3) is 0.300. The Morgan fingerprint density at radius 1 is 1.10 bits per heavy atom. The molecule has 29 heavy (non-hydrogen) atoms. The van der Waals surface area contributed by atoms with Gasteiger partial charge in [-0.05, 0) is 24.3 Å². The molecule has 0 unspecified atom stereocenters. The first-order valence-electron chi connectivity index (χ1n) is 9.47. The smallest absolute Gasteiger partial charge is 0.244 e. The summed E-state index contributed by atoms with van der Waals surface area (Å²) in [6, 6.07) is 13.6. The van der Waals surface area contributed by atoms with Crippen LogP contribution in [-0.4, -0.2) is 64.1 Å². The SMILES string of the molecule is COc1cccc2sc(N3CCN(C(=O)Cn4nnc5ccccc54)CC3)nc12. The number of nitrogens with zero attached hydrogens (tertiary/aromatic N) is 6. The summed E-state index contributed by atoms with van der Waals surface area (Å²) in [5.74, 6) is 0.852. The number of carbonyl (C=O) groups is 1. The molecule has 0 radical (unpaired) electrons. The fourth-order valence-electron chi connectivity index (χ4n) is 3.62. The number of methoxy groups -OCH3 is 1. The maximum absolute atomic E-state index is 12.8. The molecule has 1 fully saturated rings. The Labute approximate surface area is 171 Å². The standard InChI is InChI=1S/C20H20N6O2S/c1-28-16-7-4-8-17-19(16)21-20(29-17)25-11-9-24(10-12-25)18(27)13-26-15-6-3-2-5-14(15)22-23-26/h2-8H,9-13H2,1H3. The van der Waals surface area contributed by atoms with Crippen molar-refractivity contribution >= 4 is 43.6 Å². The Hall–Kier alpha value is -3.20. The minimum Gasteiger partial charge on any atom is -0.494 e. The molecule has 1 aliphatic heterocycles. The third kappa shape index (κ3) is 3.27. The Bertz CT molecular complexity index is 1180. The van der Waals surface area contributed by atoms with Gasteiger partial charge in [0.05, 0.1) is 17.3 Å². The molecule has 0 N–H and O–H groups in total. The summed E-state index contributed by atoms with van der Waals surface area (Å²) in [5, 5.41) is 9.21. The fourth-order valence-corrected chi connectivity index (χ4v) is 4.66. The maximum Gasteiger partial charge on any atom is 0.244 e. The van der Waals surface area contributed by atoms with Crippen LogP contribution < -0.4 is 9.64 Å². The minimum atomic E-state index is 0.0614. The summed E-state index contributed by atoms with van der Waals surface area (Å²) in [4.78, 5) is 21.7. The van der Waals surface area contributed by atoms with Crippen molar-refractivity contribution in [2.24, 2.45) is 0 Å². The van der Waals surface area contributed by atoms with Gasteiger partial charge in [-0.1, -0.05) is 34.7 Å². The van der Waals surface area contributed by atoms with Crippen molar-refractivity contribution in [2.75, 3.05) is 38.2 Å². The zero-order valence-electron chi connectivity index (χ0n) is 16.0. The first-order valence-corrected chi connectivity index (χ1v) is 10.3. The van der Waals surface area contributed by atoms with E-state index in [2.05, 4.69) is 21.3 Å². The summed E-state index contributed by atoms with van der Waals surface area (Å²) < 4.78 is 8.19. The van der Waals surface area contributed by atoms with Crippen LogP contribution in [0.5, 0.6) is 5.75 Å². The lowest BCUT2D eigenvalue weighted by atomic mass is 10.3. The molecule has 2 aromatic heterocycles. The average Bonchev–Trinajstić information content (AvgIpc) is 3.38. The van der Waals surface area contributed by atoms with Crippen molar-refractivity contribution in [3.8, 4) is 5.75 Å². The molecule has 0 saturated carbocycles. The molecule has 0 bridgehead atoms. The van der Waals surface area contributed by atoms with E-state index in [9.17, 15) is 4.79 Å². The summed E-state index contributed by atoms with van der Waals surface area (Å²) in [6.45, 7) is 3.05. The number of piperazine rings is 1. The van der Waals surface area contributed by atoms with Crippen molar-refractivity contribution in [1.82, 2.24) is 24.9 Å². The van der Waals surface area contributed by atoms with Gasteiger partial charge in [-0.2, -0.15) is 0 Å². The third-order valence-electron chi connectivity index (χ3n) is 5.20. The van der Waals surface area contributed by atoms with Gasteiger partial charge in [0.25, 0.3) is 0 Å². The summed E-state index contributed by atoms with van der Waals surface area (Å²) in [7, 11) is 1.66. The highest BCUT2D eigenvalue weighted by Gasteiger charge is 2.24. The molecule has 1 amide bonds. The Balaban J connectivity index is 1.26. The molecule has 1 aliphatic rings. The molecular weight excluding hydrogens is 388 g/mol. The van der Waals surface area contributed by atoms with Gasteiger partial charge >= 0.3 is 0 Å². The number of para-hydroxylation sites is 2. The Morgan fingerprint density at radius 2 is 1.93 bits per heavy atom. The molecule has 8 nitrogen and oxygen atoms in total. The van der Waals surface area contributed by atoms with E-state index in [0.29, 0.717) is 13.1 Å². The van der Waals surface area contributed by atoms with E-state index in [1.807, 2.05) is 41.3 Å². The minimum absolute atomic E-state index is 0.0614. The van der Waals surface area contributed by atoms with Crippen LogP contribution in [-0.2, 0) is 11.3 Å². The summed E-state index contributed by atoms with van der Waals surface area (Å²) >= 11 is 1.66. The normalized spacial score (nSPS) is 14.7. The van der Waals surface area contributed by atoms with Crippen molar-refractivity contribution in [1.29, 1.82) is 0 Å². The largest absolute Gasteiger partial charge is 0.494 e. The Kier molecular flexibility index (Phi) is 4.51. The average molecular weight is 408 g/mol. The number of carbonyl (C=O) groups excluding carboxylic acids is 1. The lowest BCUT2D eigenvalue weighted by Gasteiger charge is -2.34. The van der Waals surface area contributed by atoms with Crippen molar-refractivity contribution < 1.29 is 9.53 Å². The van der Waals surface area contributed by atoms with Gasteiger partial charge in [0.1, 0.15) is 23.3 Å². The second kappa shape index (κ2) is 7.32. The van der Waals surface area contributed by atoms with Gasteiger partial charge in [-0.15, -0.1) is 5.10 Å². The van der Waals surface area contributed by atoms with E-state index in [1.54, 1.807) is 23.1 Å². The summed E-state index contributed by atoms with van der Waals surface area (Å²) in [6.07, 6.45) is 0. The van der Waals surface area contributed by atoms with E-state index in [0.717, 1.165) is 45.2 Å². The highest BCUT2D eigenvalue weighted by molar-refractivity contribution is 7.22. The molecule has 5 rings (SSSR count). The monoisotopic (exact) mass is 408 g/mol. The van der Waals surface area contributed by atoms with Crippen molar-refractivity contribution in [3.63, 3.8) is 0 Å². The van der Waals surface area contributed by atoms with E-state index in [-0.39, 0.29) is 12.5 Å². The summed E-state index contributed by atoms with van der Waals surface area (Å²) in [5.41, 5.74) is 2.57. The third-order valence-corrected chi connectivity index (χ3v) is 6.28. The maximum atomic E-state index is 12.8. The van der Waals surface area contributed by atoms with Crippen LogP contribution in [0.15, 0.2) is 42.5 Å². The molecule has 0 aliphatic carbocycles. The number of aromatic nitrogens is 4. The number of amides is 1. The van der Waals surface area contributed by atoms with Gasteiger partial charge in [0.15, 0.2) is 5.13 Å². The predicted molar refractivity (Wildman–Crippen MR) is 112 cm³/mol. The number of fused-ring (bicyclic) bond motifs is 2. The number of benzene rings is 2. The van der Waals surface area contributed by atoms with E-state index in [1.165, 1.54) is 0 Å². The quantitative estimate of drug-likeness (QED) is 0.516. The van der Waals surface area contributed by atoms with Crippen molar-refractivity contribution in [2.45, 2.75) is 6.54 Å². The van der Waals surface area contributed by atoms with Crippen LogP contribution in [0.4, 0.5) is 5.13 Å². The molecule has 3 heterocycles. The molecule has 4 aromatic rings. The second-order valence-corrected chi connectivity index (χ2v) is 7.92. The number of hydrogen-bond donors (Lipinski definition) is 0. The van der Waals surface area contributed by atoms with E-state index in [4.69, 9.17) is 9.72 Å². The number of thiazole rings is 1. The molecular formula is C20H20N6O2S. The molecule has 2 aromatic carbocycles. The molecule has 0 atom stereocenters. The zero-order chi connectivity index (χ0) is 19.8. The molecule has 148 valence electrons. The zero-order valence-corrected chi connectivity index (χ0v) is 16.8. The van der Waals surface area contributed by atoms with Crippen LogP contribution >= 0.6 is 11.3 Å². The van der Waals surface area contributed by atoms with Gasteiger partial charge in [0.2, 0.25) is 5.91 Å². The van der Waals surface area contributed by atoms with Crippen molar-refractivity contribution in [3.05, 3.63) is 42.5 Å². The van der Waals surface area contributed by atoms with Gasteiger partial charge < -0.3 is 14.5 Å². The van der Waals surface area contributed by atoms with E-state index >= 15 is 0 Å². The Morgan fingerprint density at radius 3 is 2.76 bits per heavy atom. The van der Waals surface area contributed by atoms with Crippen LogP contribution in [0.1, 0.15) is 0 Å². The molecule has 1 saturated heterocycles. The molecule has 9 heteroatoms. The lowest BCUT2D eigenvalue weighted by Crippen LogP contribution is -2.49. The van der Waals surface area contributed by atoms with E-state index < -0.39 is 0 Å². The van der Waals surface area contributed by atoms with Crippen LogP contribution in [0.3, 0.4) is 0 Å². The first kappa shape index (κ1) is 17.9. The number of hydrogen-bond acceptors (Lipinski definition) is 7. The number of anilines is 1. The second-order valence-electron chi connectivity index (χ2n) is 6.91. The van der Waals surface area contributed by atoms with Crippen LogP contribution in [0.25, 0.3) is 21.3 Å². The van der Waals surface area contributed by atoms with Crippen LogP contribution in [0, 0.1) is 0 Å². The molecule has 0 spiro atoms. The van der Waals surface area contributed by atoms with Crippen LogP contribution in [0.2, 0.25) is 0 Å². The number of ether oxygens (including phenoxy) is 1. The predicted octanol–water partition coefficient (Wildman–Crippen LogP) is 2.40. The topological polar surface area (TPSA) is 76.4 Å².